The van der Waals surface area contributed by atoms with Crippen LogP contribution in [0.25, 0.3) is 0 Å². The summed E-state index contributed by atoms with van der Waals surface area (Å²) in [6.45, 7) is 3.67. The van der Waals surface area contributed by atoms with Crippen LogP contribution in [0.2, 0.25) is 0 Å². The smallest absolute Gasteiger partial charge is 0.216 e. The van der Waals surface area contributed by atoms with Crippen molar-refractivity contribution < 1.29 is 9.53 Å². The summed E-state index contributed by atoms with van der Waals surface area (Å²) in [5.41, 5.74) is 2.31. The van der Waals surface area contributed by atoms with E-state index in [-0.39, 0.29) is 5.91 Å². The van der Waals surface area contributed by atoms with Crippen molar-refractivity contribution in [1.29, 1.82) is 0 Å². The van der Waals surface area contributed by atoms with E-state index in [1.54, 1.807) is 7.11 Å². The Morgan fingerprint density at radius 1 is 1.14 bits per heavy atom. The van der Waals surface area contributed by atoms with Crippen LogP contribution >= 0.6 is 0 Å². The van der Waals surface area contributed by atoms with E-state index >= 15 is 0 Å². The molecule has 0 radical (unpaired) electrons. The van der Waals surface area contributed by atoms with Gasteiger partial charge in [0.1, 0.15) is 5.75 Å². The fraction of sp³-hybridized carbons (Fsp3) is 0.278. The molecule has 1 N–H and O–H groups in total. The van der Waals surface area contributed by atoms with E-state index in [9.17, 15) is 4.79 Å². The third kappa shape index (κ3) is 4.81. The predicted molar refractivity (Wildman–Crippen MR) is 89.2 cm³/mol. The minimum Gasteiger partial charge on any atom is -0.497 e. The first-order valence-corrected chi connectivity index (χ1v) is 7.36. The second-order valence-corrected chi connectivity index (χ2v) is 5.09. The lowest BCUT2D eigenvalue weighted by molar-refractivity contribution is -0.118. The molecule has 0 aliphatic carbocycles. The summed E-state index contributed by atoms with van der Waals surface area (Å²) in [5.74, 6) is 0.820. The van der Waals surface area contributed by atoms with Crippen LogP contribution in [-0.4, -0.2) is 26.1 Å². The Hall–Kier alpha value is -2.49. The van der Waals surface area contributed by atoms with Crippen LogP contribution in [0.3, 0.4) is 0 Å². The summed E-state index contributed by atoms with van der Waals surface area (Å²) in [7, 11) is 1.66. The van der Waals surface area contributed by atoms with Gasteiger partial charge in [-0.25, -0.2) is 0 Å². The molecular weight excluding hydrogens is 276 g/mol. The SMILES string of the molecule is COc1cccc(N(CCNC(C)=O)Cc2ccccc2)c1. The topological polar surface area (TPSA) is 41.6 Å². The van der Waals surface area contributed by atoms with E-state index in [4.69, 9.17) is 4.74 Å². The zero-order chi connectivity index (χ0) is 15.8. The standard InChI is InChI=1S/C18H22N2O2/c1-15(21)19-11-12-20(14-16-7-4-3-5-8-16)17-9-6-10-18(13-17)22-2/h3-10,13H,11-12,14H2,1-2H3,(H,19,21). The van der Waals surface area contributed by atoms with Crippen molar-refractivity contribution in [2.24, 2.45) is 0 Å². The molecule has 0 unspecified atom stereocenters. The fourth-order valence-electron chi connectivity index (χ4n) is 2.28. The molecule has 0 saturated heterocycles. The van der Waals surface area contributed by atoms with Crippen LogP contribution in [0.15, 0.2) is 54.6 Å². The molecule has 0 spiro atoms. The summed E-state index contributed by atoms with van der Waals surface area (Å²) in [6.07, 6.45) is 0. The Kier molecular flexibility index (Phi) is 5.83. The maximum absolute atomic E-state index is 11.1. The summed E-state index contributed by atoms with van der Waals surface area (Å²) in [4.78, 5) is 13.3. The Morgan fingerprint density at radius 2 is 1.91 bits per heavy atom. The lowest BCUT2D eigenvalue weighted by atomic mass is 10.2. The summed E-state index contributed by atoms with van der Waals surface area (Å²) >= 11 is 0. The van der Waals surface area contributed by atoms with E-state index < -0.39 is 0 Å². The maximum atomic E-state index is 11.1. The number of ether oxygens (including phenoxy) is 1. The number of benzene rings is 2. The van der Waals surface area contributed by atoms with Crippen molar-refractivity contribution in [3.8, 4) is 5.75 Å². The first-order valence-electron chi connectivity index (χ1n) is 7.36. The number of methoxy groups -OCH3 is 1. The predicted octanol–water partition coefficient (Wildman–Crippen LogP) is 2.84. The molecule has 0 atom stereocenters. The Morgan fingerprint density at radius 3 is 2.59 bits per heavy atom. The van der Waals surface area contributed by atoms with Gasteiger partial charge in [-0.05, 0) is 17.7 Å². The Labute approximate surface area is 131 Å². The number of amides is 1. The molecule has 2 rings (SSSR count). The molecule has 0 aliphatic heterocycles. The first-order chi connectivity index (χ1) is 10.7. The molecule has 0 heterocycles. The molecule has 2 aromatic carbocycles. The molecule has 0 fully saturated rings. The highest BCUT2D eigenvalue weighted by atomic mass is 16.5. The summed E-state index contributed by atoms with van der Waals surface area (Å²) < 4.78 is 5.30. The van der Waals surface area contributed by atoms with Crippen molar-refractivity contribution >= 4 is 11.6 Å². The highest BCUT2D eigenvalue weighted by Gasteiger charge is 2.08. The number of carbonyl (C=O) groups excluding carboxylic acids is 1. The summed E-state index contributed by atoms with van der Waals surface area (Å²) in [6, 6.07) is 18.3. The number of nitrogens with one attached hydrogen (secondary N) is 1. The van der Waals surface area contributed by atoms with Gasteiger partial charge in [-0.2, -0.15) is 0 Å². The summed E-state index contributed by atoms with van der Waals surface area (Å²) in [5, 5.41) is 2.85. The average Bonchev–Trinajstić information content (AvgIpc) is 2.54. The minimum atomic E-state index is -0.00898. The molecular formula is C18H22N2O2. The molecule has 1 amide bonds. The number of nitrogens with zero attached hydrogens (tertiary/aromatic N) is 1. The van der Waals surface area contributed by atoms with Gasteiger partial charge < -0.3 is 15.0 Å². The highest BCUT2D eigenvalue weighted by molar-refractivity contribution is 5.72. The molecule has 22 heavy (non-hydrogen) atoms. The monoisotopic (exact) mass is 298 g/mol. The zero-order valence-electron chi connectivity index (χ0n) is 13.1. The van der Waals surface area contributed by atoms with Gasteiger partial charge in [0.15, 0.2) is 0 Å². The van der Waals surface area contributed by atoms with Crippen molar-refractivity contribution in [2.45, 2.75) is 13.5 Å². The third-order valence-corrected chi connectivity index (χ3v) is 3.39. The van der Waals surface area contributed by atoms with Crippen LogP contribution in [0.1, 0.15) is 12.5 Å². The Balaban J connectivity index is 2.14. The largest absolute Gasteiger partial charge is 0.497 e. The molecule has 0 bridgehead atoms. The van der Waals surface area contributed by atoms with Gasteiger partial charge in [-0.15, -0.1) is 0 Å². The number of hydrogen-bond donors (Lipinski definition) is 1. The average molecular weight is 298 g/mol. The van der Waals surface area contributed by atoms with Gasteiger partial charge in [0, 0.05) is 38.3 Å². The molecule has 116 valence electrons. The van der Waals surface area contributed by atoms with Gasteiger partial charge in [0.25, 0.3) is 0 Å². The second kappa shape index (κ2) is 8.08. The number of carbonyl (C=O) groups is 1. The third-order valence-electron chi connectivity index (χ3n) is 3.39. The van der Waals surface area contributed by atoms with Crippen molar-refractivity contribution in [3.63, 3.8) is 0 Å². The number of rotatable bonds is 7. The fourth-order valence-corrected chi connectivity index (χ4v) is 2.28. The molecule has 4 heteroatoms. The normalized spacial score (nSPS) is 10.1. The van der Waals surface area contributed by atoms with Crippen molar-refractivity contribution in [1.82, 2.24) is 5.32 Å². The molecule has 2 aromatic rings. The molecule has 4 nitrogen and oxygen atoms in total. The minimum absolute atomic E-state index is 0.00898. The van der Waals surface area contributed by atoms with E-state index in [0.29, 0.717) is 6.54 Å². The van der Waals surface area contributed by atoms with Crippen LogP contribution in [0.5, 0.6) is 5.75 Å². The lowest BCUT2D eigenvalue weighted by Gasteiger charge is -2.25. The van der Waals surface area contributed by atoms with Gasteiger partial charge in [-0.1, -0.05) is 36.4 Å². The van der Waals surface area contributed by atoms with Gasteiger partial charge in [0.05, 0.1) is 7.11 Å². The van der Waals surface area contributed by atoms with Crippen molar-refractivity contribution in [2.75, 3.05) is 25.1 Å². The van der Waals surface area contributed by atoms with Crippen LogP contribution in [-0.2, 0) is 11.3 Å². The zero-order valence-corrected chi connectivity index (χ0v) is 13.1. The van der Waals surface area contributed by atoms with Gasteiger partial charge >= 0.3 is 0 Å². The van der Waals surface area contributed by atoms with Gasteiger partial charge in [-0.3, -0.25) is 4.79 Å². The van der Waals surface area contributed by atoms with Crippen molar-refractivity contribution in [3.05, 3.63) is 60.2 Å². The molecule has 0 aromatic heterocycles. The Bertz CT molecular complexity index is 599. The van der Waals surface area contributed by atoms with Crippen LogP contribution in [0, 0.1) is 0 Å². The quantitative estimate of drug-likeness (QED) is 0.854. The second-order valence-electron chi connectivity index (χ2n) is 5.09. The van der Waals surface area contributed by atoms with Crippen LogP contribution < -0.4 is 15.0 Å². The lowest BCUT2D eigenvalue weighted by Crippen LogP contribution is -2.33. The van der Waals surface area contributed by atoms with E-state index in [1.165, 1.54) is 12.5 Å². The van der Waals surface area contributed by atoms with E-state index in [1.807, 2.05) is 36.4 Å². The first kappa shape index (κ1) is 15.9. The van der Waals surface area contributed by atoms with Crippen LogP contribution in [0.4, 0.5) is 5.69 Å². The highest BCUT2D eigenvalue weighted by Crippen LogP contribution is 2.22. The van der Waals surface area contributed by atoms with Gasteiger partial charge in [0.2, 0.25) is 5.91 Å². The molecule has 0 saturated carbocycles. The maximum Gasteiger partial charge on any atom is 0.216 e. The molecule has 0 aliphatic rings. The van der Waals surface area contributed by atoms with E-state index in [2.05, 4.69) is 28.4 Å². The number of hydrogen-bond acceptors (Lipinski definition) is 3. The number of anilines is 1. The van der Waals surface area contributed by atoms with E-state index in [0.717, 1.165) is 24.5 Å².